The van der Waals surface area contributed by atoms with Gasteiger partial charge in [-0.1, -0.05) is 13.0 Å². The summed E-state index contributed by atoms with van der Waals surface area (Å²) in [5.41, 5.74) is 1.04. The zero-order valence-corrected chi connectivity index (χ0v) is 10.6. The second kappa shape index (κ2) is 4.93. The van der Waals surface area contributed by atoms with E-state index in [2.05, 4.69) is 0 Å². The zero-order chi connectivity index (χ0) is 12.3. The fraction of sp³-hybridized carbons (Fsp3) is 0.400. The maximum Gasteiger partial charge on any atom is 0.236 e. The standard InChI is InChI=1S/C10H13ClO4S/c1-3-7-4-5-9(15-2)10(12)8(7)6-16(11,13)14/h4-5,12H,3,6H2,1-2H3. The summed E-state index contributed by atoms with van der Waals surface area (Å²) in [5, 5.41) is 9.82. The Balaban J connectivity index is 3.32. The number of aromatic hydroxyl groups is 1. The van der Waals surface area contributed by atoms with Gasteiger partial charge in [0.2, 0.25) is 9.05 Å². The van der Waals surface area contributed by atoms with E-state index in [1.807, 2.05) is 6.92 Å². The fourth-order valence-corrected chi connectivity index (χ4v) is 2.48. The average molecular weight is 265 g/mol. The second-order valence-electron chi connectivity index (χ2n) is 3.29. The zero-order valence-electron chi connectivity index (χ0n) is 9.03. The summed E-state index contributed by atoms with van der Waals surface area (Å²) >= 11 is 0. The summed E-state index contributed by atoms with van der Waals surface area (Å²) in [6, 6.07) is 3.31. The molecule has 0 unspecified atom stereocenters. The van der Waals surface area contributed by atoms with Crippen molar-refractivity contribution in [2.45, 2.75) is 19.1 Å². The molecule has 0 aliphatic carbocycles. The van der Waals surface area contributed by atoms with Crippen LogP contribution in [-0.2, 0) is 21.2 Å². The molecule has 0 aromatic heterocycles. The van der Waals surface area contributed by atoms with E-state index in [0.29, 0.717) is 12.0 Å². The first-order chi connectivity index (χ1) is 7.39. The average Bonchev–Trinajstić information content (AvgIpc) is 2.19. The third-order valence-electron chi connectivity index (χ3n) is 2.26. The lowest BCUT2D eigenvalue weighted by Gasteiger charge is -2.11. The molecule has 0 bridgehead atoms. The Kier molecular flexibility index (Phi) is 4.04. The van der Waals surface area contributed by atoms with Crippen LogP contribution in [0.4, 0.5) is 0 Å². The fourth-order valence-electron chi connectivity index (χ4n) is 1.49. The molecule has 0 atom stereocenters. The van der Waals surface area contributed by atoms with Gasteiger partial charge in [0.15, 0.2) is 11.5 Å². The minimum atomic E-state index is -3.70. The molecule has 0 aliphatic rings. The number of phenolic OH excluding ortho intramolecular Hbond substituents is 1. The van der Waals surface area contributed by atoms with Crippen molar-refractivity contribution in [3.8, 4) is 11.5 Å². The Hall–Kier alpha value is -0.940. The van der Waals surface area contributed by atoms with E-state index in [0.717, 1.165) is 5.56 Å². The normalized spacial score (nSPS) is 11.4. The van der Waals surface area contributed by atoms with Crippen molar-refractivity contribution in [3.63, 3.8) is 0 Å². The van der Waals surface area contributed by atoms with Crippen LogP contribution in [-0.4, -0.2) is 20.6 Å². The van der Waals surface area contributed by atoms with Crippen molar-refractivity contribution in [2.24, 2.45) is 0 Å². The van der Waals surface area contributed by atoms with E-state index >= 15 is 0 Å². The van der Waals surface area contributed by atoms with Crippen LogP contribution >= 0.6 is 10.7 Å². The molecule has 4 nitrogen and oxygen atoms in total. The van der Waals surface area contributed by atoms with Crippen molar-refractivity contribution in [2.75, 3.05) is 7.11 Å². The van der Waals surface area contributed by atoms with E-state index < -0.39 is 14.8 Å². The summed E-state index contributed by atoms with van der Waals surface area (Å²) in [5.74, 6) is -0.320. The van der Waals surface area contributed by atoms with Gasteiger partial charge in [-0.3, -0.25) is 0 Å². The van der Waals surface area contributed by atoms with Crippen LogP contribution in [0.5, 0.6) is 11.5 Å². The van der Waals surface area contributed by atoms with Crippen LogP contribution in [0, 0.1) is 0 Å². The molecule has 16 heavy (non-hydrogen) atoms. The molecular weight excluding hydrogens is 252 g/mol. The van der Waals surface area contributed by atoms with Gasteiger partial charge >= 0.3 is 0 Å². The summed E-state index contributed by atoms with van der Waals surface area (Å²) in [6.45, 7) is 1.87. The number of hydrogen-bond acceptors (Lipinski definition) is 4. The molecule has 0 saturated heterocycles. The molecule has 1 rings (SSSR count). The van der Waals surface area contributed by atoms with E-state index in [9.17, 15) is 13.5 Å². The van der Waals surface area contributed by atoms with Gasteiger partial charge in [0.05, 0.1) is 12.9 Å². The topological polar surface area (TPSA) is 63.6 Å². The number of ether oxygens (including phenoxy) is 1. The quantitative estimate of drug-likeness (QED) is 0.846. The molecule has 90 valence electrons. The third-order valence-corrected chi connectivity index (χ3v) is 3.22. The molecule has 1 N–H and O–H groups in total. The highest BCUT2D eigenvalue weighted by Crippen LogP contribution is 2.34. The SMILES string of the molecule is CCc1ccc(OC)c(O)c1CS(=O)(=O)Cl. The lowest BCUT2D eigenvalue weighted by Crippen LogP contribution is -2.01. The Morgan fingerprint density at radius 3 is 2.50 bits per heavy atom. The Bertz CT molecular complexity index is 482. The highest BCUT2D eigenvalue weighted by molar-refractivity contribution is 8.13. The summed E-state index contributed by atoms with van der Waals surface area (Å²) in [6.07, 6.45) is 0.610. The predicted molar refractivity (Wildman–Crippen MR) is 62.5 cm³/mol. The lowest BCUT2D eigenvalue weighted by molar-refractivity contribution is 0.371. The molecule has 1 aromatic carbocycles. The maximum absolute atomic E-state index is 11.0. The number of halogens is 1. The van der Waals surface area contributed by atoms with Crippen molar-refractivity contribution in [3.05, 3.63) is 23.3 Å². The lowest BCUT2D eigenvalue weighted by atomic mass is 10.1. The molecule has 0 amide bonds. The number of methoxy groups -OCH3 is 1. The van der Waals surface area contributed by atoms with Crippen molar-refractivity contribution >= 4 is 19.7 Å². The second-order valence-corrected chi connectivity index (χ2v) is 6.07. The van der Waals surface area contributed by atoms with Gasteiger partial charge in [-0.05, 0) is 18.1 Å². The van der Waals surface area contributed by atoms with E-state index in [1.54, 1.807) is 12.1 Å². The minimum Gasteiger partial charge on any atom is -0.504 e. The van der Waals surface area contributed by atoms with Crippen LogP contribution in [0.1, 0.15) is 18.1 Å². The molecule has 0 heterocycles. The summed E-state index contributed by atoms with van der Waals surface area (Å²) in [7, 11) is 2.89. The van der Waals surface area contributed by atoms with Crippen LogP contribution in [0.3, 0.4) is 0 Å². The van der Waals surface area contributed by atoms with Gasteiger partial charge < -0.3 is 9.84 Å². The van der Waals surface area contributed by atoms with Crippen molar-refractivity contribution in [1.82, 2.24) is 0 Å². The Labute approximate surface area is 99.2 Å². The van der Waals surface area contributed by atoms with Gasteiger partial charge in [-0.25, -0.2) is 8.42 Å². The Morgan fingerprint density at radius 1 is 1.44 bits per heavy atom. The van der Waals surface area contributed by atoms with Gasteiger partial charge in [-0.2, -0.15) is 0 Å². The van der Waals surface area contributed by atoms with E-state index in [-0.39, 0.29) is 11.5 Å². The van der Waals surface area contributed by atoms with Crippen molar-refractivity contribution < 1.29 is 18.3 Å². The Morgan fingerprint density at radius 2 is 2.06 bits per heavy atom. The molecule has 0 spiro atoms. The van der Waals surface area contributed by atoms with Gasteiger partial charge in [0.25, 0.3) is 0 Å². The van der Waals surface area contributed by atoms with Crippen LogP contribution in [0.2, 0.25) is 0 Å². The molecule has 6 heteroatoms. The monoisotopic (exact) mass is 264 g/mol. The summed E-state index contributed by atoms with van der Waals surface area (Å²) in [4.78, 5) is 0. The van der Waals surface area contributed by atoms with Crippen LogP contribution in [0.25, 0.3) is 0 Å². The van der Waals surface area contributed by atoms with Gasteiger partial charge in [0, 0.05) is 16.2 Å². The van der Waals surface area contributed by atoms with Crippen molar-refractivity contribution in [1.29, 1.82) is 0 Å². The highest BCUT2D eigenvalue weighted by atomic mass is 35.7. The molecule has 0 fully saturated rings. The van der Waals surface area contributed by atoms with Gasteiger partial charge in [-0.15, -0.1) is 0 Å². The third kappa shape index (κ3) is 3.02. The van der Waals surface area contributed by atoms with Crippen LogP contribution < -0.4 is 4.74 Å². The maximum atomic E-state index is 11.0. The largest absolute Gasteiger partial charge is 0.504 e. The smallest absolute Gasteiger partial charge is 0.236 e. The number of rotatable bonds is 4. The first-order valence-electron chi connectivity index (χ1n) is 4.69. The molecular formula is C10H13ClO4S. The predicted octanol–water partition coefficient (Wildman–Crippen LogP) is 2.03. The molecule has 1 aromatic rings. The number of hydrogen-bond donors (Lipinski definition) is 1. The van der Waals surface area contributed by atoms with Gasteiger partial charge in [0.1, 0.15) is 0 Å². The van der Waals surface area contributed by atoms with E-state index in [4.69, 9.17) is 15.4 Å². The first-order valence-corrected chi connectivity index (χ1v) is 7.17. The number of aryl methyl sites for hydroxylation is 1. The molecule has 0 saturated carbocycles. The van der Waals surface area contributed by atoms with E-state index in [1.165, 1.54) is 7.11 Å². The highest BCUT2D eigenvalue weighted by Gasteiger charge is 2.17. The van der Waals surface area contributed by atoms with Crippen LogP contribution in [0.15, 0.2) is 12.1 Å². The molecule has 0 aliphatic heterocycles. The number of phenols is 1. The number of benzene rings is 1. The summed E-state index contributed by atoms with van der Waals surface area (Å²) < 4.78 is 27.0. The minimum absolute atomic E-state index is 0.161. The molecule has 0 radical (unpaired) electrons. The first kappa shape index (κ1) is 13.1.